The van der Waals surface area contributed by atoms with Crippen molar-refractivity contribution < 1.29 is 9.18 Å². The molecule has 0 radical (unpaired) electrons. The highest BCUT2D eigenvalue weighted by atomic mass is 32.2. The largest absolute Gasteiger partial charge is 0.310 e. The molecule has 0 aliphatic rings. The van der Waals surface area contributed by atoms with E-state index >= 15 is 0 Å². The van der Waals surface area contributed by atoms with Gasteiger partial charge in [0.2, 0.25) is 11.0 Å². The van der Waals surface area contributed by atoms with E-state index < -0.39 is 0 Å². The normalized spacial score (nSPS) is 11.1. The van der Waals surface area contributed by atoms with Crippen LogP contribution in [0.25, 0.3) is 15.3 Å². The van der Waals surface area contributed by atoms with Crippen molar-refractivity contribution in [2.24, 2.45) is 0 Å². The van der Waals surface area contributed by atoms with Crippen molar-refractivity contribution >= 4 is 45.0 Å². The minimum Gasteiger partial charge on any atom is -0.310 e. The molecule has 8 heteroatoms. The zero-order chi connectivity index (χ0) is 19.7. The van der Waals surface area contributed by atoms with Gasteiger partial charge < -0.3 is 5.32 Å². The zero-order valence-electron chi connectivity index (χ0n) is 15.3. The summed E-state index contributed by atoms with van der Waals surface area (Å²) in [6.45, 7) is 1.85. The van der Waals surface area contributed by atoms with Gasteiger partial charge in [0.1, 0.15) is 11.6 Å². The molecule has 4 aromatic rings. The van der Waals surface area contributed by atoms with Gasteiger partial charge >= 0.3 is 0 Å². The summed E-state index contributed by atoms with van der Waals surface area (Å²) >= 11 is 2.99. The molecule has 0 aliphatic carbocycles. The summed E-state index contributed by atoms with van der Waals surface area (Å²) in [5, 5.41) is 7.92. The minimum absolute atomic E-state index is 0.134. The van der Waals surface area contributed by atoms with Crippen molar-refractivity contribution in [3.8, 4) is 5.13 Å². The summed E-state index contributed by atoms with van der Waals surface area (Å²) in [5.74, 6) is 0.105. The second-order valence-corrected chi connectivity index (χ2v) is 8.15. The zero-order valence-corrected chi connectivity index (χ0v) is 16.9. The first kappa shape index (κ1) is 18.6. The molecule has 28 heavy (non-hydrogen) atoms. The Kier molecular flexibility index (Phi) is 5.15. The van der Waals surface area contributed by atoms with Crippen LogP contribution in [0.15, 0.2) is 53.4 Å². The van der Waals surface area contributed by atoms with Crippen molar-refractivity contribution in [2.45, 2.75) is 18.2 Å². The van der Waals surface area contributed by atoms with Crippen LogP contribution in [-0.4, -0.2) is 26.9 Å². The van der Waals surface area contributed by atoms with E-state index in [9.17, 15) is 9.18 Å². The van der Waals surface area contributed by atoms with Crippen LogP contribution in [0.2, 0.25) is 0 Å². The van der Waals surface area contributed by atoms with Gasteiger partial charge in [0.05, 0.1) is 22.3 Å². The van der Waals surface area contributed by atoms with Gasteiger partial charge in [0.25, 0.3) is 0 Å². The molecule has 0 saturated heterocycles. The smallest absolute Gasteiger partial charge is 0.229 e. The number of amides is 1. The fourth-order valence-corrected chi connectivity index (χ4v) is 4.19. The predicted octanol–water partition coefficient (Wildman–Crippen LogP) is 4.83. The number of benzene rings is 2. The fourth-order valence-electron chi connectivity index (χ4n) is 2.83. The Balaban J connectivity index is 1.57. The lowest BCUT2D eigenvalue weighted by Crippen LogP contribution is -2.17. The third kappa shape index (κ3) is 3.93. The number of hydrogen-bond donors (Lipinski definition) is 1. The number of nitrogens with one attached hydrogen (secondary N) is 1. The lowest BCUT2D eigenvalue weighted by molar-refractivity contribution is -0.115. The molecular weight excluding hydrogens is 395 g/mol. The third-order valence-electron chi connectivity index (χ3n) is 4.14. The van der Waals surface area contributed by atoms with Gasteiger partial charge in [-0.3, -0.25) is 4.79 Å². The summed E-state index contributed by atoms with van der Waals surface area (Å²) in [6.07, 6.45) is 2.28. The predicted molar refractivity (Wildman–Crippen MR) is 112 cm³/mol. The van der Waals surface area contributed by atoms with Gasteiger partial charge in [-0.1, -0.05) is 23.5 Å². The SMILES string of the molecule is CSc1ccc(CC(=O)Nc2cc(C)nn2-c2nc3ccc(F)cc3s2)cc1. The number of aryl methyl sites for hydroxylation is 1. The number of aromatic nitrogens is 3. The Hall–Kier alpha value is -2.71. The molecule has 1 amide bonds. The van der Waals surface area contributed by atoms with Gasteiger partial charge in [0.15, 0.2) is 0 Å². The third-order valence-corrected chi connectivity index (χ3v) is 5.88. The molecule has 0 fully saturated rings. The quantitative estimate of drug-likeness (QED) is 0.477. The maximum atomic E-state index is 13.5. The number of rotatable bonds is 5. The Morgan fingerprint density at radius 3 is 2.75 bits per heavy atom. The van der Waals surface area contributed by atoms with Crippen molar-refractivity contribution in [1.82, 2.24) is 14.8 Å². The van der Waals surface area contributed by atoms with Gasteiger partial charge in [-0.05, 0) is 49.1 Å². The summed E-state index contributed by atoms with van der Waals surface area (Å²) < 4.78 is 15.8. The molecule has 2 heterocycles. The first-order valence-corrected chi connectivity index (χ1v) is 10.6. The van der Waals surface area contributed by atoms with Crippen LogP contribution in [0, 0.1) is 12.7 Å². The number of thioether (sulfide) groups is 1. The van der Waals surface area contributed by atoms with Gasteiger partial charge in [-0.25, -0.2) is 9.37 Å². The van der Waals surface area contributed by atoms with Gasteiger partial charge in [-0.2, -0.15) is 9.78 Å². The van der Waals surface area contributed by atoms with Crippen LogP contribution < -0.4 is 5.32 Å². The first-order chi connectivity index (χ1) is 13.5. The minimum atomic E-state index is -0.305. The van der Waals surface area contributed by atoms with E-state index in [1.165, 1.54) is 23.5 Å². The lowest BCUT2D eigenvalue weighted by Gasteiger charge is -2.07. The van der Waals surface area contributed by atoms with Crippen LogP contribution in [-0.2, 0) is 11.2 Å². The molecule has 5 nitrogen and oxygen atoms in total. The standard InChI is InChI=1S/C20H17FN4OS2/c1-12-9-18(23-19(26)10-13-3-6-15(27-2)7-4-13)25(24-12)20-22-16-8-5-14(21)11-17(16)28-20/h3-9,11H,10H2,1-2H3,(H,23,26). The molecule has 142 valence electrons. The van der Waals surface area contributed by atoms with Gasteiger partial charge in [0, 0.05) is 11.0 Å². The van der Waals surface area contributed by atoms with E-state index in [1.807, 2.05) is 37.4 Å². The second kappa shape index (κ2) is 7.73. The van der Waals surface area contributed by atoms with Crippen molar-refractivity contribution in [3.63, 3.8) is 0 Å². The molecule has 1 N–H and O–H groups in total. The number of hydrogen-bond acceptors (Lipinski definition) is 5. The molecule has 0 spiro atoms. The second-order valence-electron chi connectivity index (χ2n) is 6.26. The maximum absolute atomic E-state index is 13.5. The summed E-state index contributed by atoms with van der Waals surface area (Å²) in [4.78, 5) is 18.2. The Labute approximate surface area is 169 Å². The molecule has 0 bridgehead atoms. The number of nitrogens with zero attached hydrogens (tertiary/aromatic N) is 3. The van der Waals surface area contributed by atoms with E-state index in [4.69, 9.17) is 0 Å². The van der Waals surface area contributed by atoms with Crippen molar-refractivity contribution in [3.05, 3.63) is 65.6 Å². The Morgan fingerprint density at radius 1 is 1.21 bits per heavy atom. The molecule has 2 aromatic carbocycles. The highest BCUT2D eigenvalue weighted by Crippen LogP contribution is 2.28. The van der Waals surface area contributed by atoms with Crippen LogP contribution in [0.3, 0.4) is 0 Å². The lowest BCUT2D eigenvalue weighted by atomic mass is 10.1. The van der Waals surface area contributed by atoms with Crippen LogP contribution in [0.1, 0.15) is 11.3 Å². The number of thiazole rings is 1. The number of fused-ring (bicyclic) bond motifs is 1. The van der Waals surface area contributed by atoms with E-state index in [2.05, 4.69) is 15.4 Å². The van der Waals surface area contributed by atoms with Crippen LogP contribution in [0.4, 0.5) is 10.2 Å². The monoisotopic (exact) mass is 412 g/mol. The highest BCUT2D eigenvalue weighted by molar-refractivity contribution is 7.98. The van der Waals surface area contributed by atoms with Crippen LogP contribution >= 0.6 is 23.1 Å². The fraction of sp³-hybridized carbons (Fsp3) is 0.150. The summed E-state index contributed by atoms with van der Waals surface area (Å²) in [6, 6.07) is 14.2. The first-order valence-electron chi connectivity index (χ1n) is 8.58. The van der Waals surface area contributed by atoms with Gasteiger partial charge in [-0.15, -0.1) is 11.8 Å². The molecule has 4 rings (SSSR count). The summed E-state index contributed by atoms with van der Waals surface area (Å²) in [7, 11) is 0. The molecule has 0 aliphatic heterocycles. The number of carbonyl (C=O) groups excluding carboxylic acids is 1. The van der Waals surface area contributed by atoms with Crippen molar-refractivity contribution in [2.75, 3.05) is 11.6 Å². The Bertz CT molecular complexity index is 1150. The van der Waals surface area contributed by atoms with E-state index in [-0.39, 0.29) is 18.1 Å². The average Bonchev–Trinajstić information content (AvgIpc) is 3.24. The Morgan fingerprint density at radius 2 is 2.00 bits per heavy atom. The number of carbonyl (C=O) groups is 1. The number of anilines is 1. The molecule has 0 saturated carbocycles. The molecular formula is C20H17FN4OS2. The molecule has 0 atom stereocenters. The average molecular weight is 413 g/mol. The molecule has 2 aromatic heterocycles. The summed E-state index contributed by atoms with van der Waals surface area (Å²) in [5.41, 5.74) is 2.39. The highest BCUT2D eigenvalue weighted by Gasteiger charge is 2.15. The van der Waals surface area contributed by atoms with E-state index in [0.29, 0.717) is 16.5 Å². The maximum Gasteiger partial charge on any atom is 0.229 e. The number of halogens is 1. The van der Waals surface area contributed by atoms with Crippen LogP contribution in [0.5, 0.6) is 0 Å². The van der Waals surface area contributed by atoms with E-state index in [0.717, 1.165) is 20.9 Å². The topological polar surface area (TPSA) is 59.8 Å². The molecule has 0 unspecified atom stereocenters. The van der Waals surface area contributed by atoms with Crippen molar-refractivity contribution in [1.29, 1.82) is 0 Å². The van der Waals surface area contributed by atoms with E-state index in [1.54, 1.807) is 28.6 Å².